The van der Waals surface area contributed by atoms with Crippen LogP contribution in [0.15, 0.2) is 12.3 Å². The van der Waals surface area contributed by atoms with Crippen LogP contribution in [0.4, 0.5) is 10.2 Å². The van der Waals surface area contributed by atoms with E-state index in [4.69, 9.17) is 11.6 Å². The van der Waals surface area contributed by atoms with E-state index in [1.54, 1.807) is 0 Å². The third kappa shape index (κ3) is 2.07. The van der Waals surface area contributed by atoms with Crippen molar-refractivity contribution in [2.45, 2.75) is 38.1 Å². The second kappa shape index (κ2) is 3.97. The Labute approximate surface area is 93.9 Å². The number of halogens is 2. The SMILES string of the molecule is CCC1(Nc2ncc(Cl)cc2F)CCC1. The molecule has 0 aliphatic heterocycles. The number of hydrogen-bond acceptors (Lipinski definition) is 2. The summed E-state index contributed by atoms with van der Waals surface area (Å²) in [5.74, 6) is -0.0526. The average molecular weight is 229 g/mol. The second-order valence-corrected chi connectivity index (χ2v) is 4.53. The monoisotopic (exact) mass is 228 g/mol. The molecular weight excluding hydrogens is 215 g/mol. The molecule has 1 aromatic rings. The Kier molecular flexibility index (Phi) is 2.83. The normalized spacial score (nSPS) is 18.3. The first-order valence-corrected chi connectivity index (χ1v) is 5.62. The van der Waals surface area contributed by atoms with Crippen molar-refractivity contribution in [1.29, 1.82) is 0 Å². The Bertz CT molecular complexity index is 358. The van der Waals surface area contributed by atoms with Crippen LogP contribution in [0.3, 0.4) is 0 Å². The summed E-state index contributed by atoms with van der Waals surface area (Å²) in [6, 6.07) is 1.29. The van der Waals surface area contributed by atoms with E-state index in [2.05, 4.69) is 17.2 Å². The summed E-state index contributed by atoms with van der Waals surface area (Å²) in [6.45, 7) is 2.11. The molecule has 82 valence electrons. The highest BCUT2D eigenvalue weighted by Crippen LogP contribution is 2.38. The zero-order valence-electron chi connectivity index (χ0n) is 8.69. The van der Waals surface area contributed by atoms with Gasteiger partial charge in [0.05, 0.1) is 5.02 Å². The molecule has 1 heterocycles. The Morgan fingerprint density at radius 3 is 2.80 bits per heavy atom. The number of aromatic nitrogens is 1. The van der Waals surface area contributed by atoms with Crippen molar-refractivity contribution in [3.63, 3.8) is 0 Å². The number of hydrogen-bond donors (Lipinski definition) is 1. The zero-order valence-corrected chi connectivity index (χ0v) is 9.44. The fourth-order valence-electron chi connectivity index (χ4n) is 1.93. The van der Waals surface area contributed by atoms with Gasteiger partial charge in [0, 0.05) is 11.7 Å². The lowest BCUT2D eigenvalue weighted by Gasteiger charge is -2.42. The van der Waals surface area contributed by atoms with Crippen LogP contribution in [0.5, 0.6) is 0 Å². The van der Waals surface area contributed by atoms with Gasteiger partial charge in [0.1, 0.15) is 0 Å². The van der Waals surface area contributed by atoms with Crippen molar-refractivity contribution in [2.24, 2.45) is 0 Å². The smallest absolute Gasteiger partial charge is 0.166 e. The Morgan fingerprint density at radius 2 is 2.33 bits per heavy atom. The third-order valence-corrected chi connectivity index (χ3v) is 3.39. The van der Waals surface area contributed by atoms with E-state index in [1.165, 1.54) is 18.7 Å². The molecule has 2 nitrogen and oxygen atoms in total. The molecule has 1 N–H and O–H groups in total. The summed E-state index contributed by atoms with van der Waals surface area (Å²) >= 11 is 5.64. The molecule has 1 fully saturated rings. The maximum Gasteiger partial charge on any atom is 0.166 e. The lowest BCUT2D eigenvalue weighted by Crippen LogP contribution is -2.44. The van der Waals surface area contributed by atoms with Crippen LogP contribution < -0.4 is 5.32 Å². The first-order valence-electron chi connectivity index (χ1n) is 5.24. The van der Waals surface area contributed by atoms with Gasteiger partial charge in [0.15, 0.2) is 11.6 Å². The van der Waals surface area contributed by atoms with Crippen LogP contribution in [0.25, 0.3) is 0 Å². The van der Waals surface area contributed by atoms with Crippen molar-refractivity contribution >= 4 is 17.4 Å². The number of nitrogens with one attached hydrogen (secondary N) is 1. The van der Waals surface area contributed by atoms with Gasteiger partial charge in [0.2, 0.25) is 0 Å². The van der Waals surface area contributed by atoms with Gasteiger partial charge in [-0.15, -0.1) is 0 Å². The van der Waals surface area contributed by atoms with Crippen molar-refractivity contribution in [1.82, 2.24) is 4.98 Å². The Hall–Kier alpha value is -0.830. The molecule has 1 aliphatic rings. The van der Waals surface area contributed by atoms with Gasteiger partial charge in [-0.05, 0) is 31.7 Å². The van der Waals surface area contributed by atoms with Gasteiger partial charge in [-0.1, -0.05) is 18.5 Å². The van der Waals surface area contributed by atoms with Crippen molar-refractivity contribution < 1.29 is 4.39 Å². The summed E-state index contributed by atoms with van der Waals surface area (Å²) in [4.78, 5) is 3.97. The molecule has 1 aliphatic carbocycles. The summed E-state index contributed by atoms with van der Waals surface area (Å²) in [5.41, 5.74) is 0.0572. The highest BCUT2D eigenvalue weighted by atomic mass is 35.5. The Morgan fingerprint density at radius 1 is 1.60 bits per heavy atom. The van der Waals surface area contributed by atoms with Crippen LogP contribution in [0.1, 0.15) is 32.6 Å². The number of nitrogens with zero attached hydrogens (tertiary/aromatic N) is 1. The topological polar surface area (TPSA) is 24.9 Å². The van der Waals surface area contributed by atoms with Crippen molar-refractivity contribution in [3.05, 3.63) is 23.1 Å². The molecule has 4 heteroatoms. The van der Waals surface area contributed by atoms with Crippen LogP contribution >= 0.6 is 11.6 Å². The van der Waals surface area contributed by atoms with E-state index in [-0.39, 0.29) is 11.4 Å². The molecule has 1 aromatic heterocycles. The summed E-state index contributed by atoms with van der Waals surface area (Å²) < 4.78 is 13.5. The lowest BCUT2D eigenvalue weighted by atomic mass is 9.75. The molecule has 0 atom stereocenters. The van der Waals surface area contributed by atoms with Crippen LogP contribution in [-0.2, 0) is 0 Å². The maximum atomic E-state index is 13.5. The van der Waals surface area contributed by atoms with Crippen molar-refractivity contribution in [2.75, 3.05) is 5.32 Å². The Balaban J connectivity index is 2.16. The van der Waals surface area contributed by atoms with Crippen molar-refractivity contribution in [3.8, 4) is 0 Å². The lowest BCUT2D eigenvalue weighted by molar-refractivity contribution is 0.267. The summed E-state index contributed by atoms with van der Waals surface area (Å²) in [7, 11) is 0. The first-order chi connectivity index (χ1) is 7.15. The number of pyridine rings is 1. The van der Waals surface area contributed by atoms with Crippen LogP contribution in [-0.4, -0.2) is 10.5 Å². The summed E-state index contributed by atoms with van der Waals surface area (Å²) in [6.07, 6.45) is 5.85. The molecular formula is C11H14ClFN2. The standard InChI is InChI=1S/C11H14ClFN2/c1-2-11(4-3-5-11)15-10-9(13)6-8(12)7-14-10/h6-7H,2-5H2,1H3,(H,14,15). The van der Waals surface area contributed by atoms with E-state index in [0.717, 1.165) is 19.3 Å². The molecule has 0 spiro atoms. The average Bonchev–Trinajstić information content (AvgIpc) is 2.14. The minimum absolute atomic E-state index is 0.0572. The molecule has 1 saturated carbocycles. The summed E-state index contributed by atoms with van der Waals surface area (Å²) in [5, 5.41) is 3.52. The predicted octanol–water partition coefficient (Wildman–Crippen LogP) is 3.62. The minimum atomic E-state index is -0.373. The predicted molar refractivity (Wildman–Crippen MR) is 59.7 cm³/mol. The van der Waals surface area contributed by atoms with Gasteiger partial charge in [-0.3, -0.25) is 0 Å². The van der Waals surface area contributed by atoms with Gasteiger partial charge < -0.3 is 5.32 Å². The van der Waals surface area contributed by atoms with Gasteiger partial charge in [-0.25, -0.2) is 9.37 Å². The van der Waals surface area contributed by atoms with E-state index in [9.17, 15) is 4.39 Å². The largest absolute Gasteiger partial charge is 0.362 e. The fraction of sp³-hybridized carbons (Fsp3) is 0.545. The second-order valence-electron chi connectivity index (χ2n) is 4.10. The molecule has 0 saturated heterocycles. The van der Waals surface area contributed by atoms with Crippen LogP contribution in [0, 0.1) is 5.82 Å². The van der Waals surface area contributed by atoms with E-state index >= 15 is 0 Å². The zero-order chi connectivity index (χ0) is 10.9. The molecule has 15 heavy (non-hydrogen) atoms. The quantitative estimate of drug-likeness (QED) is 0.855. The van der Waals surface area contributed by atoms with E-state index in [1.807, 2.05) is 0 Å². The highest BCUT2D eigenvalue weighted by molar-refractivity contribution is 6.30. The molecule has 2 rings (SSSR count). The van der Waals surface area contributed by atoms with E-state index in [0.29, 0.717) is 10.8 Å². The molecule has 0 bridgehead atoms. The number of rotatable bonds is 3. The number of anilines is 1. The van der Waals surface area contributed by atoms with Gasteiger partial charge in [0.25, 0.3) is 0 Å². The highest BCUT2D eigenvalue weighted by Gasteiger charge is 2.35. The molecule has 0 amide bonds. The van der Waals surface area contributed by atoms with E-state index < -0.39 is 0 Å². The third-order valence-electron chi connectivity index (χ3n) is 3.18. The molecule has 0 radical (unpaired) electrons. The maximum absolute atomic E-state index is 13.5. The molecule has 0 unspecified atom stereocenters. The fourth-order valence-corrected chi connectivity index (χ4v) is 2.07. The first kappa shape index (κ1) is 10.7. The molecule has 0 aromatic carbocycles. The van der Waals surface area contributed by atoms with Gasteiger partial charge >= 0.3 is 0 Å². The van der Waals surface area contributed by atoms with Gasteiger partial charge in [-0.2, -0.15) is 0 Å². The minimum Gasteiger partial charge on any atom is -0.362 e. The van der Waals surface area contributed by atoms with Crippen LogP contribution in [0.2, 0.25) is 5.02 Å².